The number of amides is 3. The molecule has 0 aliphatic carbocycles. The van der Waals surface area contributed by atoms with Gasteiger partial charge in [-0.05, 0) is 62.9 Å². The summed E-state index contributed by atoms with van der Waals surface area (Å²) >= 11 is 0. The van der Waals surface area contributed by atoms with E-state index in [9.17, 15) is 9.59 Å². The van der Waals surface area contributed by atoms with E-state index in [0.29, 0.717) is 18.9 Å². The van der Waals surface area contributed by atoms with E-state index in [2.05, 4.69) is 16.0 Å². The van der Waals surface area contributed by atoms with Crippen LogP contribution in [0.3, 0.4) is 0 Å². The Morgan fingerprint density at radius 1 is 1.24 bits per heavy atom. The predicted molar refractivity (Wildman–Crippen MR) is 103 cm³/mol. The van der Waals surface area contributed by atoms with Crippen molar-refractivity contribution in [2.24, 2.45) is 5.92 Å². The summed E-state index contributed by atoms with van der Waals surface area (Å²) in [7, 11) is 0. The summed E-state index contributed by atoms with van der Waals surface area (Å²) in [6, 6.07) is 7.44. The van der Waals surface area contributed by atoms with Crippen molar-refractivity contribution >= 4 is 35.7 Å². The number of urea groups is 1. The van der Waals surface area contributed by atoms with Crippen LogP contribution in [0.2, 0.25) is 0 Å². The van der Waals surface area contributed by atoms with Gasteiger partial charge in [0, 0.05) is 30.9 Å². The molecule has 0 bridgehead atoms. The Hall–Kier alpha value is -1.79. The van der Waals surface area contributed by atoms with Crippen LogP contribution < -0.4 is 20.9 Å². The van der Waals surface area contributed by atoms with Crippen LogP contribution in [0.1, 0.15) is 32.1 Å². The molecule has 1 aromatic carbocycles. The molecule has 2 heterocycles. The lowest BCUT2D eigenvalue weighted by molar-refractivity contribution is -0.116. The molecule has 2 aliphatic heterocycles. The Morgan fingerprint density at radius 3 is 2.80 bits per heavy atom. The average Bonchev–Trinajstić information content (AvgIpc) is 2.61. The monoisotopic (exact) mass is 366 g/mol. The molecule has 0 aromatic heterocycles. The molecule has 6 nitrogen and oxygen atoms in total. The number of nitrogens with one attached hydrogen (secondary N) is 3. The highest BCUT2D eigenvalue weighted by molar-refractivity contribution is 5.95. The highest BCUT2D eigenvalue weighted by Crippen LogP contribution is 2.22. The van der Waals surface area contributed by atoms with Gasteiger partial charge in [-0.3, -0.25) is 9.69 Å². The molecule has 7 heteroatoms. The predicted octanol–water partition coefficient (Wildman–Crippen LogP) is 2.75. The molecule has 0 saturated carbocycles. The first-order chi connectivity index (χ1) is 11.7. The number of benzene rings is 1. The van der Waals surface area contributed by atoms with E-state index < -0.39 is 0 Å². The molecular formula is C18H27ClN4O2. The van der Waals surface area contributed by atoms with Gasteiger partial charge in [0.15, 0.2) is 0 Å². The number of rotatable bonds is 5. The first kappa shape index (κ1) is 19.5. The quantitative estimate of drug-likeness (QED) is 0.750. The van der Waals surface area contributed by atoms with E-state index in [1.807, 2.05) is 24.3 Å². The van der Waals surface area contributed by atoms with E-state index in [1.165, 1.54) is 0 Å². The summed E-state index contributed by atoms with van der Waals surface area (Å²) in [4.78, 5) is 25.8. The third kappa shape index (κ3) is 5.61. The maximum atomic E-state index is 12.2. The van der Waals surface area contributed by atoms with Gasteiger partial charge in [-0.15, -0.1) is 12.4 Å². The van der Waals surface area contributed by atoms with Crippen LogP contribution >= 0.6 is 12.4 Å². The van der Waals surface area contributed by atoms with Crippen molar-refractivity contribution in [2.45, 2.75) is 32.1 Å². The number of carbonyl (C=O) groups excluding carboxylic acids is 2. The van der Waals surface area contributed by atoms with E-state index in [1.54, 1.807) is 4.90 Å². The highest BCUT2D eigenvalue weighted by Gasteiger charge is 2.19. The number of halogens is 1. The molecule has 3 rings (SSSR count). The number of nitrogens with zero attached hydrogens (tertiary/aromatic N) is 1. The van der Waals surface area contributed by atoms with Crippen molar-refractivity contribution in [1.82, 2.24) is 10.6 Å². The second kappa shape index (κ2) is 9.63. The lowest BCUT2D eigenvalue weighted by atomic mass is 9.93. The third-order valence-electron chi connectivity index (χ3n) is 4.76. The SMILES string of the molecule is Cl.O=C(CCC1CCNCC1)Nc1cccc(N2CCCNC2=O)c1. The van der Waals surface area contributed by atoms with E-state index >= 15 is 0 Å². The van der Waals surface area contributed by atoms with Crippen LogP contribution in [-0.2, 0) is 4.79 Å². The summed E-state index contributed by atoms with van der Waals surface area (Å²) in [5, 5.41) is 9.15. The van der Waals surface area contributed by atoms with Gasteiger partial charge in [0.05, 0.1) is 0 Å². The lowest BCUT2D eigenvalue weighted by Crippen LogP contribution is -2.46. The van der Waals surface area contributed by atoms with E-state index in [-0.39, 0.29) is 24.3 Å². The zero-order valence-corrected chi connectivity index (χ0v) is 15.2. The molecular weight excluding hydrogens is 340 g/mol. The van der Waals surface area contributed by atoms with Crippen LogP contribution in [0.25, 0.3) is 0 Å². The van der Waals surface area contributed by atoms with Gasteiger partial charge >= 0.3 is 6.03 Å². The Labute approximate surface area is 155 Å². The van der Waals surface area contributed by atoms with E-state index in [4.69, 9.17) is 0 Å². The number of hydrogen-bond acceptors (Lipinski definition) is 3. The molecule has 0 unspecified atom stereocenters. The third-order valence-corrected chi connectivity index (χ3v) is 4.76. The second-order valence-electron chi connectivity index (χ2n) is 6.57. The molecule has 0 spiro atoms. The summed E-state index contributed by atoms with van der Waals surface area (Å²) in [6.07, 6.45) is 4.75. The van der Waals surface area contributed by atoms with Crippen LogP contribution in [-0.4, -0.2) is 38.1 Å². The van der Waals surface area contributed by atoms with Gasteiger partial charge in [0.1, 0.15) is 0 Å². The molecule has 25 heavy (non-hydrogen) atoms. The Balaban J connectivity index is 0.00000225. The Kier molecular flexibility index (Phi) is 7.52. The minimum absolute atomic E-state index is 0. The topological polar surface area (TPSA) is 73.5 Å². The number of piperidine rings is 1. The van der Waals surface area contributed by atoms with Crippen molar-refractivity contribution in [3.05, 3.63) is 24.3 Å². The molecule has 3 N–H and O–H groups in total. The molecule has 0 atom stereocenters. The summed E-state index contributed by atoms with van der Waals surface area (Å²) in [5.41, 5.74) is 1.57. The van der Waals surface area contributed by atoms with Gasteiger partial charge in [0.25, 0.3) is 0 Å². The lowest BCUT2D eigenvalue weighted by Gasteiger charge is -2.27. The van der Waals surface area contributed by atoms with Crippen LogP contribution in [0, 0.1) is 5.92 Å². The maximum absolute atomic E-state index is 12.2. The minimum atomic E-state index is -0.0735. The van der Waals surface area contributed by atoms with Gasteiger partial charge in [-0.1, -0.05) is 6.07 Å². The zero-order valence-electron chi connectivity index (χ0n) is 14.4. The summed E-state index contributed by atoms with van der Waals surface area (Å²) in [6.45, 7) is 3.56. The molecule has 2 aliphatic rings. The van der Waals surface area contributed by atoms with Gasteiger partial charge in [-0.25, -0.2) is 4.79 Å². The Bertz CT molecular complexity index is 590. The number of anilines is 2. The minimum Gasteiger partial charge on any atom is -0.338 e. The van der Waals surface area contributed by atoms with Crippen molar-refractivity contribution in [1.29, 1.82) is 0 Å². The van der Waals surface area contributed by atoms with Crippen molar-refractivity contribution < 1.29 is 9.59 Å². The fourth-order valence-corrected chi connectivity index (χ4v) is 3.36. The molecule has 2 fully saturated rings. The largest absolute Gasteiger partial charge is 0.338 e. The fourth-order valence-electron chi connectivity index (χ4n) is 3.36. The molecule has 138 valence electrons. The van der Waals surface area contributed by atoms with Crippen LogP contribution in [0.5, 0.6) is 0 Å². The molecule has 3 amide bonds. The summed E-state index contributed by atoms with van der Waals surface area (Å²) < 4.78 is 0. The summed E-state index contributed by atoms with van der Waals surface area (Å²) in [5.74, 6) is 0.703. The van der Waals surface area contributed by atoms with E-state index in [0.717, 1.165) is 56.7 Å². The van der Waals surface area contributed by atoms with Crippen molar-refractivity contribution in [2.75, 3.05) is 36.4 Å². The second-order valence-corrected chi connectivity index (χ2v) is 6.57. The van der Waals surface area contributed by atoms with Crippen LogP contribution in [0.4, 0.5) is 16.2 Å². The smallest absolute Gasteiger partial charge is 0.321 e. The van der Waals surface area contributed by atoms with Gasteiger partial charge in [0.2, 0.25) is 5.91 Å². The Morgan fingerprint density at radius 2 is 2.04 bits per heavy atom. The van der Waals surface area contributed by atoms with Crippen molar-refractivity contribution in [3.63, 3.8) is 0 Å². The van der Waals surface area contributed by atoms with Crippen molar-refractivity contribution in [3.8, 4) is 0 Å². The first-order valence-corrected chi connectivity index (χ1v) is 8.88. The molecule has 2 saturated heterocycles. The van der Waals surface area contributed by atoms with Gasteiger partial charge < -0.3 is 16.0 Å². The maximum Gasteiger partial charge on any atom is 0.321 e. The normalized spacial score (nSPS) is 18.2. The number of carbonyl (C=O) groups is 2. The first-order valence-electron chi connectivity index (χ1n) is 8.88. The molecule has 1 aromatic rings. The fraction of sp³-hybridized carbons (Fsp3) is 0.556. The number of hydrogen-bond donors (Lipinski definition) is 3. The van der Waals surface area contributed by atoms with Crippen LogP contribution in [0.15, 0.2) is 24.3 Å². The highest BCUT2D eigenvalue weighted by atomic mass is 35.5. The zero-order chi connectivity index (χ0) is 16.8. The average molecular weight is 367 g/mol. The standard InChI is InChI=1S/C18H26N4O2.ClH/c23-17(6-5-14-7-10-19-11-8-14)21-15-3-1-4-16(13-15)22-12-2-9-20-18(22)24;/h1,3-4,13-14,19H,2,5-12H2,(H,20,24)(H,21,23);1H. The van der Waals surface area contributed by atoms with Gasteiger partial charge in [-0.2, -0.15) is 0 Å². The molecule has 0 radical (unpaired) electrons.